The fraction of sp³-hybridized carbons (Fsp3) is 0.0370. The SMILES string of the molecule is O=C(Nc1ccc(SCc2ccccc2)cc1)/C(=C/c1ccco1)NC(=O)c1ccccc1. The lowest BCUT2D eigenvalue weighted by atomic mass is 10.2. The van der Waals surface area contributed by atoms with Gasteiger partial charge in [0.15, 0.2) is 0 Å². The van der Waals surface area contributed by atoms with Crippen LogP contribution in [-0.4, -0.2) is 11.8 Å². The Hall–Kier alpha value is -4.03. The van der Waals surface area contributed by atoms with Crippen LogP contribution in [0.3, 0.4) is 0 Å². The molecule has 6 heteroatoms. The van der Waals surface area contributed by atoms with Crippen molar-refractivity contribution in [2.75, 3.05) is 5.32 Å². The molecule has 0 spiro atoms. The van der Waals surface area contributed by atoms with Gasteiger partial charge < -0.3 is 15.1 Å². The summed E-state index contributed by atoms with van der Waals surface area (Å²) >= 11 is 1.72. The fourth-order valence-electron chi connectivity index (χ4n) is 3.03. The molecule has 0 aliphatic rings. The highest BCUT2D eigenvalue weighted by molar-refractivity contribution is 7.98. The first-order chi connectivity index (χ1) is 16.2. The van der Waals surface area contributed by atoms with E-state index in [-0.39, 0.29) is 11.6 Å². The van der Waals surface area contributed by atoms with Crippen molar-refractivity contribution in [3.63, 3.8) is 0 Å². The average molecular weight is 455 g/mol. The van der Waals surface area contributed by atoms with Gasteiger partial charge in [0.1, 0.15) is 11.5 Å². The number of hydrogen-bond acceptors (Lipinski definition) is 4. The van der Waals surface area contributed by atoms with Gasteiger partial charge in [-0.15, -0.1) is 11.8 Å². The van der Waals surface area contributed by atoms with Crippen molar-refractivity contribution < 1.29 is 14.0 Å². The number of carbonyl (C=O) groups excluding carboxylic acids is 2. The predicted molar refractivity (Wildman–Crippen MR) is 132 cm³/mol. The second kappa shape index (κ2) is 11.0. The van der Waals surface area contributed by atoms with Gasteiger partial charge in [0.25, 0.3) is 11.8 Å². The van der Waals surface area contributed by atoms with E-state index in [0.29, 0.717) is 17.0 Å². The van der Waals surface area contributed by atoms with E-state index in [1.807, 2.05) is 48.5 Å². The number of carbonyl (C=O) groups is 2. The van der Waals surface area contributed by atoms with E-state index in [9.17, 15) is 9.59 Å². The smallest absolute Gasteiger partial charge is 0.272 e. The van der Waals surface area contributed by atoms with E-state index in [2.05, 4.69) is 22.8 Å². The highest BCUT2D eigenvalue weighted by Gasteiger charge is 2.15. The van der Waals surface area contributed by atoms with Crippen LogP contribution in [-0.2, 0) is 10.5 Å². The van der Waals surface area contributed by atoms with Crippen molar-refractivity contribution in [2.45, 2.75) is 10.6 Å². The molecule has 4 rings (SSSR count). The van der Waals surface area contributed by atoms with Crippen molar-refractivity contribution in [1.29, 1.82) is 0 Å². The fourth-order valence-corrected chi connectivity index (χ4v) is 3.89. The summed E-state index contributed by atoms with van der Waals surface area (Å²) in [6, 6.07) is 30.0. The maximum atomic E-state index is 13.0. The standard InChI is InChI=1S/C27H22N2O3S/c30-26(21-10-5-2-6-11-21)29-25(18-23-12-7-17-32-23)27(31)28-22-13-15-24(16-14-22)33-19-20-8-3-1-4-9-20/h1-18H,19H2,(H,28,31)(H,29,30)/b25-18-. The Balaban J connectivity index is 1.43. The molecule has 0 bridgehead atoms. The van der Waals surface area contributed by atoms with Gasteiger partial charge in [0.2, 0.25) is 0 Å². The van der Waals surface area contributed by atoms with Gasteiger partial charge in [0.05, 0.1) is 6.26 Å². The van der Waals surface area contributed by atoms with Crippen LogP contribution in [0.2, 0.25) is 0 Å². The second-order valence-electron chi connectivity index (χ2n) is 7.15. The lowest BCUT2D eigenvalue weighted by molar-refractivity contribution is -0.113. The molecule has 1 heterocycles. The first-order valence-electron chi connectivity index (χ1n) is 10.4. The summed E-state index contributed by atoms with van der Waals surface area (Å²) in [5.74, 6) is 0.506. The second-order valence-corrected chi connectivity index (χ2v) is 8.20. The van der Waals surface area contributed by atoms with E-state index in [1.54, 1.807) is 48.2 Å². The highest BCUT2D eigenvalue weighted by atomic mass is 32.2. The van der Waals surface area contributed by atoms with E-state index < -0.39 is 5.91 Å². The van der Waals surface area contributed by atoms with Crippen molar-refractivity contribution in [3.05, 3.63) is 126 Å². The summed E-state index contributed by atoms with van der Waals surface area (Å²) in [4.78, 5) is 26.7. The maximum absolute atomic E-state index is 13.0. The minimum Gasteiger partial charge on any atom is -0.465 e. The van der Waals surface area contributed by atoms with Crippen LogP contribution in [0.4, 0.5) is 5.69 Å². The zero-order valence-electron chi connectivity index (χ0n) is 17.7. The molecule has 2 N–H and O–H groups in total. The molecule has 0 radical (unpaired) electrons. The molecule has 0 saturated heterocycles. The van der Waals surface area contributed by atoms with Crippen LogP contribution < -0.4 is 10.6 Å². The molecule has 0 fully saturated rings. The summed E-state index contributed by atoms with van der Waals surface area (Å²) in [6.45, 7) is 0. The van der Waals surface area contributed by atoms with Gasteiger partial charge in [-0.3, -0.25) is 9.59 Å². The first-order valence-corrected chi connectivity index (χ1v) is 11.4. The molecule has 4 aromatic rings. The number of nitrogens with one attached hydrogen (secondary N) is 2. The number of rotatable bonds is 8. The van der Waals surface area contributed by atoms with Crippen LogP contribution in [0.1, 0.15) is 21.7 Å². The minimum absolute atomic E-state index is 0.0846. The number of benzene rings is 3. The zero-order valence-corrected chi connectivity index (χ0v) is 18.5. The maximum Gasteiger partial charge on any atom is 0.272 e. The van der Waals surface area contributed by atoms with Crippen LogP contribution in [0, 0.1) is 0 Å². The number of thioether (sulfide) groups is 1. The lowest BCUT2D eigenvalue weighted by Gasteiger charge is -2.11. The Morgan fingerprint density at radius 2 is 1.52 bits per heavy atom. The Morgan fingerprint density at radius 1 is 0.818 bits per heavy atom. The van der Waals surface area contributed by atoms with Crippen LogP contribution in [0.5, 0.6) is 0 Å². The average Bonchev–Trinajstić information content (AvgIpc) is 3.37. The third-order valence-electron chi connectivity index (χ3n) is 4.72. The molecule has 1 aromatic heterocycles. The van der Waals surface area contributed by atoms with Gasteiger partial charge >= 0.3 is 0 Å². The van der Waals surface area contributed by atoms with Gasteiger partial charge in [-0.1, -0.05) is 48.5 Å². The van der Waals surface area contributed by atoms with Crippen molar-refractivity contribution in [2.24, 2.45) is 0 Å². The Kier molecular flexibility index (Phi) is 7.40. The Labute approximate surface area is 196 Å². The third kappa shape index (κ3) is 6.48. The number of anilines is 1. The van der Waals surface area contributed by atoms with Gasteiger partial charge in [-0.05, 0) is 54.1 Å². The van der Waals surface area contributed by atoms with Gasteiger partial charge in [-0.2, -0.15) is 0 Å². The van der Waals surface area contributed by atoms with Gasteiger partial charge in [-0.25, -0.2) is 0 Å². The molecule has 0 atom stereocenters. The highest BCUT2D eigenvalue weighted by Crippen LogP contribution is 2.24. The van der Waals surface area contributed by atoms with Gasteiger partial charge in [0, 0.05) is 28.0 Å². The first kappa shape index (κ1) is 22.2. The molecule has 2 amide bonds. The van der Waals surface area contributed by atoms with Crippen LogP contribution in [0.25, 0.3) is 6.08 Å². The Morgan fingerprint density at radius 3 is 2.18 bits per heavy atom. The zero-order chi connectivity index (χ0) is 22.9. The largest absolute Gasteiger partial charge is 0.465 e. The third-order valence-corrected chi connectivity index (χ3v) is 5.80. The molecule has 33 heavy (non-hydrogen) atoms. The molecule has 0 unspecified atom stereocenters. The minimum atomic E-state index is -0.444. The van der Waals surface area contributed by atoms with Crippen molar-refractivity contribution in [1.82, 2.24) is 5.32 Å². The van der Waals surface area contributed by atoms with Crippen molar-refractivity contribution in [3.8, 4) is 0 Å². The molecule has 0 saturated carbocycles. The number of furan rings is 1. The van der Waals surface area contributed by atoms with E-state index in [4.69, 9.17) is 4.42 Å². The normalized spacial score (nSPS) is 11.1. The van der Waals surface area contributed by atoms with E-state index in [1.165, 1.54) is 17.9 Å². The summed E-state index contributed by atoms with van der Waals surface area (Å²) in [5, 5.41) is 5.53. The molecule has 0 aliphatic heterocycles. The summed E-state index contributed by atoms with van der Waals surface area (Å²) in [6.07, 6.45) is 3.01. The lowest BCUT2D eigenvalue weighted by Crippen LogP contribution is -2.30. The summed E-state index contributed by atoms with van der Waals surface area (Å²) in [7, 11) is 0. The van der Waals surface area contributed by atoms with E-state index >= 15 is 0 Å². The van der Waals surface area contributed by atoms with Crippen molar-refractivity contribution >= 4 is 35.3 Å². The topological polar surface area (TPSA) is 71.3 Å². The molecule has 3 aromatic carbocycles. The monoisotopic (exact) mass is 454 g/mol. The quantitative estimate of drug-likeness (QED) is 0.254. The molecule has 164 valence electrons. The number of amides is 2. The van der Waals surface area contributed by atoms with E-state index in [0.717, 1.165) is 10.6 Å². The molecular formula is C27H22N2O3S. The number of hydrogen-bond donors (Lipinski definition) is 2. The predicted octanol–water partition coefficient (Wildman–Crippen LogP) is 5.98. The molecular weight excluding hydrogens is 432 g/mol. The Bertz CT molecular complexity index is 1220. The summed E-state index contributed by atoms with van der Waals surface area (Å²) < 4.78 is 5.32. The summed E-state index contributed by atoms with van der Waals surface area (Å²) in [5.41, 5.74) is 2.42. The molecule has 5 nitrogen and oxygen atoms in total. The molecule has 0 aliphatic carbocycles. The van der Waals surface area contributed by atoms with Crippen LogP contribution in [0.15, 0.2) is 118 Å². The van der Waals surface area contributed by atoms with Crippen LogP contribution >= 0.6 is 11.8 Å².